The lowest BCUT2D eigenvalue weighted by Gasteiger charge is -2.14. The highest BCUT2D eigenvalue weighted by atomic mass is 16.6. The minimum Gasteiger partial charge on any atom is -0.463 e. The fourth-order valence-electron chi connectivity index (χ4n) is 4.73. The Morgan fingerprint density at radius 3 is 1.62 bits per heavy atom. The Hall–Kier alpha value is -1.63. The molecular formula is C30H55NO6. The molecule has 1 saturated heterocycles. The second-order valence-corrected chi connectivity index (χ2v) is 10.7. The van der Waals surface area contributed by atoms with E-state index in [2.05, 4.69) is 12.2 Å². The number of hydrogen-bond acceptors (Lipinski definition) is 6. The van der Waals surface area contributed by atoms with E-state index in [1.54, 1.807) is 0 Å². The van der Waals surface area contributed by atoms with Crippen LogP contribution in [0.4, 0.5) is 0 Å². The summed E-state index contributed by atoms with van der Waals surface area (Å²) in [5.41, 5.74) is 0. The van der Waals surface area contributed by atoms with Crippen molar-refractivity contribution in [1.82, 2.24) is 5.32 Å². The lowest BCUT2D eigenvalue weighted by Crippen LogP contribution is -2.36. The molecule has 1 fully saturated rings. The van der Waals surface area contributed by atoms with Crippen molar-refractivity contribution >= 4 is 17.8 Å². The summed E-state index contributed by atoms with van der Waals surface area (Å²) in [5, 5.41) is 12.3. The summed E-state index contributed by atoms with van der Waals surface area (Å²) in [6, 6.07) is -0.642. The molecule has 0 bridgehead atoms. The van der Waals surface area contributed by atoms with Gasteiger partial charge in [0.2, 0.25) is 5.91 Å². The first-order chi connectivity index (χ1) is 18.0. The molecule has 1 heterocycles. The van der Waals surface area contributed by atoms with Crippen LogP contribution in [-0.2, 0) is 23.9 Å². The molecule has 1 amide bonds. The van der Waals surface area contributed by atoms with Crippen LogP contribution in [0, 0.1) is 0 Å². The number of unbranched alkanes of at least 4 members (excludes halogenated alkanes) is 18. The van der Waals surface area contributed by atoms with Gasteiger partial charge in [0, 0.05) is 12.8 Å². The molecule has 2 N–H and O–H groups in total. The number of ether oxygens (including phenoxy) is 2. The van der Waals surface area contributed by atoms with Crippen molar-refractivity contribution in [3.8, 4) is 0 Å². The van der Waals surface area contributed by atoms with Gasteiger partial charge in [0.25, 0.3) is 0 Å². The quantitative estimate of drug-likeness (QED) is 0.104. The third-order valence-corrected chi connectivity index (χ3v) is 7.12. The predicted molar refractivity (Wildman–Crippen MR) is 147 cm³/mol. The minimum absolute atomic E-state index is 0.175. The SMILES string of the molecule is CCCCCCCCCCCCCCCCCCCCCC(=O)OCC(O)COC(=O)[C@@H]1CCC(=O)N1. The van der Waals surface area contributed by atoms with E-state index in [0.29, 0.717) is 19.3 Å². The average Bonchev–Trinajstić information content (AvgIpc) is 3.33. The fraction of sp³-hybridized carbons (Fsp3) is 0.900. The number of rotatable bonds is 25. The van der Waals surface area contributed by atoms with E-state index in [0.717, 1.165) is 19.3 Å². The van der Waals surface area contributed by atoms with E-state index in [1.165, 1.54) is 103 Å². The maximum atomic E-state index is 11.8. The molecule has 0 radical (unpaired) electrons. The van der Waals surface area contributed by atoms with Gasteiger partial charge in [-0.2, -0.15) is 0 Å². The van der Waals surface area contributed by atoms with Crippen molar-refractivity contribution in [2.24, 2.45) is 0 Å². The Morgan fingerprint density at radius 2 is 1.19 bits per heavy atom. The van der Waals surface area contributed by atoms with Gasteiger partial charge in [-0.25, -0.2) is 4.79 Å². The van der Waals surface area contributed by atoms with Gasteiger partial charge in [-0.1, -0.05) is 122 Å². The van der Waals surface area contributed by atoms with Crippen molar-refractivity contribution in [2.75, 3.05) is 13.2 Å². The number of aliphatic hydroxyl groups is 1. The number of amides is 1. The monoisotopic (exact) mass is 525 g/mol. The normalized spacial score (nSPS) is 15.9. The molecule has 2 atom stereocenters. The van der Waals surface area contributed by atoms with E-state index in [1.807, 2.05) is 0 Å². The zero-order chi connectivity index (χ0) is 27.0. The van der Waals surface area contributed by atoms with Crippen LogP contribution in [0.2, 0.25) is 0 Å². The Balaban J connectivity index is 1.78. The molecule has 7 heteroatoms. The van der Waals surface area contributed by atoms with E-state index in [-0.39, 0.29) is 25.1 Å². The summed E-state index contributed by atoms with van der Waals surface area (Å²) >= 11 is 0. The first-order valence-corrected chi connectivity index (χ1v) is 15.3. The van der Waals surface area contributed by atoms with Gasteiger partial charge in [0.05, 0.1) is 0 Å². The van der Waals surface area contributed by atoms with Crippen molar-refractivity contribution in [2.45, 2.75) is 160 Å². The molecule has 0 aromatic rings. The fourth-order valence-corrected chi connectivity index (χ4v) is 4.73. The number of nitrogens with one attached hydrogen (secondary N) is 1. The molecule has 216 valence electrons. The lowest BCUT2D eigenvalue weighted by molar-refractivity contribution is -0.154. The average molecular weight is 526 g/mol. The number of carbonyl (C=O) groups is 3. The Morgan fingerprint density at radius 1 is 0.757 bits per heavy atom. The van der Waals surface area contributed by atoms with E-state index in [4.69, 9.17) is 9.47 Å². The summed E-state index contributed by atoms with van der Waals surface area (Å²) in [4.78, 5) is 34.7. The molecule has 0 spiro atoms. The predicted octanol–water partition coefficient (Wildman–Crippen LogP) is 6.53. The largest absolute Gasteiger partial charge is 0.463 e. The maximum Gasteiger partial charge on any atom is 0.328 e. The van der Waals surface area contributed by atoms with Crippen LogP contribution < -0.4 is 5.32 Å². The second-order valence-electron chi connectivity index (χ2n) is 10.7. The highest BCUT2D eigenvalue weighted by Crippen LogP contribution is 2.15. The van der Waals surface area contributed by atoms with Crippen LogP contribution in [0.15, 0.2) is 0 Å². The molecule has 1 aliphatic rings. The summed E-state index contributed by atoms with van der Waals surface area (Å²) in [6.45, 7) is 1.83. The van der Waals surface area contributed by atoms with Crippen LogP contribution in [0.25, 0.3) is 0 Å². The molecule has 0 aromatic carbocycles. The van der Waals surface area contributed by atoms with Crippen molar-refractivity contribution < 1.29 is 29.0 Å². The van der Waals surface area contributed by atoms with E-state index < -0.39 is 18.1 Å². The first kappa shape index (κ1) is 33.4. The second kappa shape index (κ2) is 23.5. The van der Waals surface area contributed by atoms with Crippen LogP contribution in [0.5, 0.6) is 0 Å². The number of aliphatic hydroxyl groups excluding tert-OH is 1. The van der Waals surface area contributed by atoms with Crippen LogP contribution in [0.3, 0.4) is 0 Å². The number of carbonyl (C=O) groups excluding carboxylic acids is 3. The zero-order valence-corrected chi connectivity index (χ0v) is 23.6. The third kappa shape index (κ3) is 20.1. The highest BCUT2D eigenvalue weighted by molar-refractivity contribution is 5.88. The Bertz CT molecular complexity index is 597. The van der Waals surface area contributed by atoms with Gasteiger partial charge >= 0.3 is 11.9 Å². The van der Waals surface area contributed by atoms with E-state index in [9.17, 15) is 19.5 Å². The molecule has 7 nitrogen and oxygen atoms in total. The van der Waals surface area contributed by atoms with Crippen molar-refractivity contribution in [1.29, 1.82) is 0 Å². The van der Waals surface area contributed by atoms with Crippen molar-refractivity contribution in [3.63, 3.8) is 0 Å². The van der Waals surface area contributed by atoms with Gasteiger partial charge in [0.15, 0.2) is 0 Å². The Kier molecular flexibility index (Phi) is 21.2. The van der Waals surface area contributed by atoms with Gasteiger partial charge in [-0.15, -0.1) is 0 Å². The summed E-state index contributed by atoms with van der Waals surface area (Å²) in [7, 11) is 0. The van der Waals surface area contributed by atoms with Gasteiger partial charge in [-0.05, 0) is 12.8 Å². The molecule has 1 rings (SSSR count). The van der Waals surface area contributed by atoms with Crippen LogP contribution in [-0.4, -0.2) is 48.3 Å². The van der Waals surface area contributed by atoms with Crippen molar-refractivity contribution in [3.05, 3.63) is 0 Å². The lowest BCUT2D eigenvalue weighted by atomic mass is 10.0. The van der Waals surface area contributed by atoms with Gasteiger partial charge in [0.1, 0.15) is 25.4 Å². The summed E-state index contributed by atoms with van der Waals surface area (Å²) < 4.78 is 10.0. The molecule has 0 saturated carbocycles. The van der Waals surface area contributed by atoms with Crippen LogP contribution >= 0.6 is 0 Å². The Labute approximate surface area is 225 Å². The molecule has 1 unspecified atom stereocenters. The van der Waals surface area contributed by atoms with Crippen LogP contribution in [0.1, 0.15) is 148 Å². The molecule has 0 aliphatic carbocycles. The highest BCUT2D eigenvalue weighted by Gasteiger charge is 2.28. The van der Waals surface area contributed by atoms with E-state index >= 15 is 0 Å². The third-order valence-electron chi connectivity index (χ3n) is 7.12. The first-order valence-electron chi connectivity index (χ1n) is 15.3. The number of esters is 2. The van der Waals surface area contributed by atoms with Gasteiger partial charge in [-0.3, -0.25) is 9.59 Å². The summed E-state index contributed by atoms with van der Waals surface area (Å²) in [6.07, 6.45) is 24.9. The minimum atomic E-state index is -1.06. The summed E-state index contributed by atoms with van der Waals surface area (Å²) in [5.74, 6) is -1.07. The zero-order valence-electron chi connectivity index (χ0n) is 23.6. The maximum absolute atomic E-state index is 11.8. The molecule has 1 aliphatic heterocycles. The van der Waals surface area contributed by atoms with Gasteiger partial charge < -0.3 is 19.9 Å². The molecular weight excluding hydrogens is 470 g/mol. The molecule has 0 aromatic heterocycles. The molecule has 37 heavy (non-hydrogen) atoms. The standard InChI is InChI=1S/C30H55NO6/c1-2-3-4-5-6-7-8-9-10-11-12-13-14-15-16-17-18-19-20-21-29(34)36-24-26(32)25-37-30(35)27-22-23-28(33)31-27/h26-27,32H,2-25H2,1H3,(H,31,33)/t26?,27-/m0/s1. The number of hydrogen-bond donors (Lipinski definition) is 2. The smallest absolute Gasteiger partial charge is 0.328 e. The topological polar surface area (TPSA) is 102 Å².